The number of nitrogens with zero attached hydrogens (tertiary/aromatic N) is 7. The number of tetrazole rings is 1. The monoisotopic (exact) mass is 510 g/mol. The van der Waals surface area contributed by atoms with Crippen LogP contribution < -0.4 is 5.69 Å². The van der Waals surface area contributed by atoms with E-state index in [0.717, 1.165) is 66.5 Å². The molecule has 0 fully saturated rings. The molecule has 0 saturated heterocycles. The SMILES string of the molecule is CCCCc1cn(-c2c(C=O)ccn2CCC)c(=O)n1Cc1cnccc1-c1ccc(-c2nnn[nH]2)cc1. The van der Waals surface area contributed by atoms with Crippen LogP contribution in [0.25, 0.3) is 28.3 Å². The Morgan fingerprint density at radius 3 is 2.55 bits per heavy atom. The summed E-state index contributed by atoms with van der Waals surface area (Å²) in [6.45, 7) is 5.29. The van der Waals surface area contributed by atoms with Crippen molar-refractivity contribution in [3.05, 3.63) is 88.5 Å². The Kier molecular flexibility index (Phi) is 7.39. The fourth-order valence-corrected chi connectivity index (χ4v) is 4.77. The molecule has 194 valence electrons. The highest BCUT2D eigenvalue weighted by atomic mass is 16.2. The van der Waals surface area contributed by atoms with E-state index in [0.29, 0.717) is 23.8 Å². The number of benzene rings is 1. The van der Waals surface area contributed by atoms with Gasteiger partial charge in [-0.15, -0.1) is 5.10 Å². The van der Waals surface area contributed by atoms with Crippen molar-refractivity contribution < 1.29 is 4.79 Å². The first kappa shape index (κ1) is 25.1. The molecule has 0 aliphatic rings. The normalized spacial score (nSPS) is 11.2. The number of nitrogens with one attached hydrogen (secondary N) is 1. The first-order valence-electron chi connectivity index (χ1n) is 12.9. The quantitative estimate of drug-likeness (QED) is 0.265. The average Bonchev–Trinajstić information content (AvgIpc) is 3.69. The van der Waals surface area contributed by atoms with Gasteiger partial charge in [0.2, 0.25) is 0 Å². The van der Waals surface area contributed by atoms with Crippen LogP contribution in [0.15, 0.2) is 66.0 Å². The maximum Gasteiger partial charge on any atom is 0.334 e. The summed E-state index contributed by atoms with van der Waals surface area (Å²) in [5.74, 6) is 1.22. The van der Waals surface area contributed by atoms with Crippen LogP contribution in [-0.4, -0.2) is 45.6 Å². The van der Waals surface area contributed by atoms with Crippen LogP contribution in [0, 0.1) is 0 Å². The molecule has 4 aromatic heterocycles. The Morgan fingerprint density at radius 2 is 1.84 bits per heavy atom. The van der Waals surface area contributed by atoms with Crippen molar-refractivity contribution in [3.8, 4) is 28.3 Å². The number of rotatable bonds is 11. The van der Waals surface area contributed by atoms with Gasteiger partial charge in [-0.25, -0.2) is 9.89 Å². The second-order valence-corrected chi connectivity index (χ2v) is 9.23. The second-order valence-electron chi connectivity index (χ2n) is 9.23. The van der Waals surface area contributed by atoms with E-state index in [4.69, 9.17) is 0 Å². The molecule has 0 aliphatic heterocycles. The van der Waals surface area contributed by atoms with Crippen molar-refractivity contribution in [2.45, 2.75) is 52.6 Å². The number of aromatic nitrogens is 8. The average molecular weight is 511 g/mol. The summed E-state index contributed by atoms with van der Waals surface area (Å²) in [6, 6.07) is 11.7. The van der Waals surface area contributed by atoms with Gasteiger partial charge in [-0.2, -0.15) is 0 Å². The Labute approximate surface area is 220 Å². The molecule has 0 amide bonds. The number of hydrogen-bond donors (Lipinski definition) is 1. The van der Waals surface area contributed by atoms with Gasteiger partial charge in [0, 0.05) is 42.6 Å². The fraction of sp³-hybridized carbons (Fsp3) is 0.286. The van der Waals surface area contributed by atoms with Gasteiger partial charge in [0.1, 0.15) is 5.82 Å². The van der Waals surface area contributed by atoms with Crippen molar-refractivity contribution in [2.24, 2.45) is 0 Å². The van der Waals surface area contributed by atoms with Gasteiger partial charge in [-0.1, -0.05) is 44.5 Å². The zero-order valence-corrected chi connectivity index (χ0v) is 21.5. The Bertz CT molecular complexity index is 1580. The van der Waals surface area contributed by atoms with Crippen LogP contribution in [0.4, 0.5) is 0 Å². The van der Waals surface area contributed by atoms with Gasteiger partial charge in [-0.3, -0.25) is 18.9 Å². The molecule has 0 radical (unpaired) electrons. The smallest absolute Gasteiger partial charge is 0.333 e. The molecule has 5 aromatic rings. The number of carbonyl (C=O) groups excluding carboxylic acids is 1. The first-order chi connectivity index (χ1) is 18.6. The van der Waals surface area contributed by atoms with Crippen molar-refractivity contribution in [2.75, 3.05) is 0 Å². The van der Waals surface area contributed by atoms with Crippen LogP contribution in [0.2, 0.25) is 0 Å². The van der Waals surface area contributed by atoms with Crippen molar-refractivity contribution in [1.82, 2.24) is 39.3 Å². The standard InChI is InChI=1S/C28H30N8O2/c1-3-5-6-24-18-36(27-22(19-37)12-15-34(27)14-4-2)28(38)35(24)17-23-16-29-13-11-25(23)20-7-9-21(10-8-20)26-30-32-33-31-26/h7-13,15-16,18-19H,3-6,14,17H2,1-2H3,(H,30,31,32,33). The highest BCUT2D eigenvalue weighted by Crippen LogP contribution is 2.26. The molecular formula is C28H30N8O2. The number of unbranched alkanes of at least 4 members (excludes halogenated alkanes) is 1. The Hall–Kier alpha value is -4.60. The minimum absolute atomic E-state index is 0.168. The molecule has 5 rings (SSSR count). The number of aldehydes is 1. The molecule has 38 heavy (non-hydrogen) atoms. The lowest BCUT2D eigenvalue weighted by Gasteiger charge is -2.12. The summed E-state index contributed by atoms with van der Waals surface area (Å²) in [6.07, 6.45) is 11.8. The van der Waals surface area contributed by atoms with E-state index in [2.05, 4.69) is 39.5 Å². The van der Waals surface area contributed by atoms with E-state index in [1.165, 1.54) is 0 Å². The molecule has 0 atom stereocenters. The van der Waals surface area contributed by atoms with Crippen LogP contribution in [0.1, 0.15) is 54.7 Å². The van der Waals surface area contributed by atoms with E-state index in [1.54, 1.807) is 16.8 Å². The topological polar surface area (TPSA) is 116 Å². The van der Waals surface area contributed by atoms with Crippen LogP contribution in [0.5, 0.6) is 0 Å². The lowest BCUT2D eigenvalue weighted by atomic mass is 10.00. The Morgan fingerprint density at radius 1 is 1.03 bits per heavy atom. The second kappa shape index (κ2) is 11.2. The van der Waals surface area contributed by atoms with Gasteiger partial charge in [0.15, 0.2) is 12.1 Å². The fourth-order valence-electron chi connectivity index (χ4n) is 4.77. The summed E-state index contributed by atoms with van der Waals surface area (Å²) in [5.41, 5.74) is 5.07. The molecule has 1 aromatic carbocycles. The molecule has 0 saturated carbocycles. The van der Waals surface area contributed by atoms with Crippen LogP contribution in [-0.2, 0) is 19.5 Å². The number of pyridine rings is 1. The third kappa shape index (κ3) is 4.84. The third-order valence-corrected chi connectivity index (χ3v) is 6.68. The Balaban J connectivity index is 1.55. The zero-order valence-electron chi connectivity index (χ0n) is 21.5. The predicted octanol–water partition coefficient (Wildman–Crippen LogP) is 4.30. The number of imidazole rings is 1. The molecular weight excluding hydrogens is 480 g/mol. The highest BCUT2D eigenvalue weighted by Gasteiger charge is 2.19. The van der Waals surface area contributed by atoms with E-state index < -0.39 is 0 Å². The summed E-state index contributed by atoms with van der Waals surface area (Å²) in [4.78, 5) is 30.1. The van der Waals surface area contributed by atoms with Gasteiger partial charge in [0.05, 0.1) is 12.1 Å². The van der Waals surface area contributed by atoms with Gasteiger partial charge >= 0.3 is 5.69 Å². The molecule has 10 heteroatoms. The largest absolute Gasteiger partial charge is 0.334 e. The minimum atomic E-state index is -0.168. The third-order valence-electron chi connectivity index (χ3n) is 6.68. The lowest BCUT2D eigenvalue weighted by molar-refractivity contribution is 0.112. The number of aromatic amines is 1. The van der Waals surface area contributed by atoms with Crippen LogP contribution in [0.3, 0.4) is 0 Å². The molecule has 0 spiro atoms. The molecule has 1 N–H and O–H groups in total. The number of aryl methyl sites for hydroxylation is 2. The van der Waals surface area contributed by atoms with Gasteiger partial charge in [0.25, 0.3) is 0 Å². The van der Waals surface area contributed by atoms with E-state index >= 15 is 0 Å². The van der Waals surface area contributed by atoms with Crippen molar-refractivity contribution in [1.29, 1.82) is 0 Å². The maximum absolute atomic E-state index is 13.9. The number of carbonyl (C=O) groups is 1. The van der Waals surface area contributed by atoms with Crippen molar-refractivity contribution in [3.63, 3.8) is 0 Å². The molecule has 0 bridgehead atoms. The van der Waals surface area contributed by atoms with Crippen molar-refractivity contribution >= 4 is 6.29 Å². The number of hydrogen-bond acceptors (Lipinski definition) is 6. The molecule has 4 heterocycles. The highest BCUT2D eigenvalue weighted by molar-refractivity contribution is 5.80. The summed E-state index contributed by atoms with van der Waals surface area (Å²) in [5, 5.41) is 14.0. The van der Waals surface area contributed by atoms with E-state index in [1.807, 2.05) is 58.1 Å². The molecule has 0 aliphatic carbocycles. The van der Waals surface area contributed by atoms with Crippen LogP contribution >= 0.6 is 0 Å². The lowest BCUT2D eigenvalue weighted by Crippen LogP contribution is -2.26. The van der Waals surface area contributed by atoms with Gasteiger partial charge < -0.3 is 4.57 Å². The first-order valence-corrected chi connectivity index (χ1v) is 12.9. The predicted molar refractivity (Wildman–Crippen MR) is 144 cm³/mol. The molecule has 10 nitrogen and oxygen atoms in total. The van der Waals surface area contributed by atoms with E-state index in [9.17, 15) is 9.59 Å². The zero-order chi connectivity index (χ0) is 26.5. The molecule has 0 unspecified atom stereocenters. The number of H-pyrrole nitrogens is 1. The summed E-state index contributed by atoms with van der Waals surface area (Å²) < 4.78 is 5.41. The summed E-state index contributed by atoms with van der Waals surface area (Å²) >= 11 is 0. The minimum Gasteiger partial charge on any atom is -0.333 e. The maximum atomic E-state index is 13.9. The summed E-state index contributed by atoms with van der Waals surface area (Å²) in [7, 11) is 0. The van der Waals surface area contributed by atoms with E-state index in [-0.39, 0.29) is 5.69 Å². The van der Waals surface area contributed by atoms with Gasteiger partial charge in [-0.05, 0) is 58.5 Å².